The fraction of sp³-hybridized carbons (Fsp3) is 0.429. The van der Waals surface area contributed by atoms with Gasteiger partial charge in [0, 0.05) is 19.7 Å². The second kappa shape index (κ2) is 3.30. The lowest BCUT2D eigenvalue weighted by atomic mass is 10.3. The van der Waals surface area contributed by atoms with Gasteiger partial charge in [-0.15, -0.1) is 0 Å². The van der Waals surface area contributed by atoms with Gasteiger partial charge in [-0.25, -0.2) is 0 Å². The first kappa shape index (κ1) is 7.94. The zero-order valence-corrected chi connectivity index (χ0v) is 6.57. The highest BCUT2D eigenvalue weighted by molar-refractivity contribution is 5.74. The molecule has 0 amide bonds. The summed E-state index contributed by atoms with van der Waals surface area (Å²) in [5, 5.41) is 3.91. The number of hydrogen-bond donors (Lipinski definition) is 0. The van der Waals surface area contributed by atoms with Crippen LogP contribution >= 0.6 is 0 Å². The highest BCUT2D eigenvalue weighted by Gasteiger charge is 2.05. The molecule has 4 nitrogen and oxygen atoms in total. The van der Waals surface area contributed by atoms with Crippen molar-refractivity contribution < 1.29 is 9.53 Å². The van der Waals surface area contributed by atoms with Gasteiger partial charge in [-0.3, -0.25) is 9.48 Å². The minimum Gasteiger partial charge on any atom is -0.380 e. The minimum atomic E-state index is 0.432. The van der Waals surface area contributed by atoms with Crippen LogP contribution in [-0.2, 0) is 18.4 Å². The molecule has 1 aromatic heterocycles. The van der Waals surface area contributed by atoms with E-state index in [1.54, 1.807) is 20.4 Å². The Morgan fingerprint density at radius 1 is 1.82 bits per heavy atom. The van der Waals surface area contributed by atoms with Gasteiger partial charge in [0.25, 0.3) is 0 Å². The average molecular weight is 154 g/mol. The second-order valence-electron chi connectivity index (χ2n) is 2.23. The van der Waals surface area contributed by atoms with Crippen molar-refractivity contribution in [2.24, 2.45) is 7.05 Å². The zero-order valence-electron chi connectivity index (χ0n) is 6.57. The van der Waals surface area contributed by atoms with Crippen LogP contribution in [0.3, 0.4) is 0 Å². The Morgan fingerprint density at radius 2 is 2.55 bits per heavy atom. The van der Waals surface area contributed by atoms with Crippen LogP contribution in [0.15, 0.2) is 6.20 Å². The largest absolute Gasteiger partial charge is 0.380 e. The molecule has 0 N–H and O–H groups in total. The van der Waals surface area contributed by atoms with Gasteiger partial charge >= 0.3 is 0 Å². The zero-order chi connectivity index (χ0) is 8.27. The highest BCUT2D eigenvalue weighted by Crippen LogP contribution is 2.04. The second-order valence-corrected chi connectivity index (χ2v) is 2.23. The van der Waals surface area contributed by atoms with Gasteiger partial charge in [-0.05, 0) is 0 Å². The molecular formula is C7H10N2O2. The van der Waals surface area contributed by atoms with Gasteiger partial charge in [0.05, 0.1) is 12.8 Å². The van der Waals surface area contributed by atoms with Crippen LogP contribution in [0.25, 0.3) is 0 Å². The molecule has 1 heterocycles. The third-order valence-electron chi connectivity index (χ3n) is 1.48. The molecule has 0 unspecified atom stereocenters. The quantitative estimate of drug-likeness (QED) is 0.591. The number of nitrogens with zero attached hydrogens (tertiary/aromatic N) is 2. The van der Waals surface area contributed by atoms with E-state index in [-0.39, 0.29) is 0 Å². The fourth-order valence-electron chi connectivity index (χ4n) is 0.911. The van der Waals surface area contributed by atoms with Crippen LogP contribution in [0, 0.1) is 0 Å². The summed E-state index contributed by atoms with van der Waals surface area (Å²) in [6.45, 7) is 0.432. The van der Waals surface area contributed by atoms with E-state index in [1.165, 1.54) is 4.68 Å². The van der Waals surface area contributed by atoms with Gasteiger partial charge in [-0.1, -0.05) is 0 Å². The molecule has 0 spiro atoms. The van der Waals surface area contributed by atoms with E-state index in [2.05, 4.69) is 5.10 Å². The summed E-state index contributed by atoms with van der Waals surface area (Å²) in [5.41, 5.74) is 1.40. The van der Waals surface area contributed by atoms with Crippen LogP contribution in [0.4, 0.5) is 0 Å². The number of aryl methyl sites for hydroxylation is 1. The third-order valence-corrected chi connectivity index (χ3v) is 1.48. The minimum absolute atomic E-state index is 0.432. The molecule has 0 atom stereocenters. The summed E-state index contributed by atoms with van der Waals surface area (Å²) in [4.78, 5) is 10.5. The Balaban J connectivity index is 2.95. The topological polar surface area (TPSA) is 44.1 Å². The van der Waals surface area contributed by atoms with Crippen molar-refractivity contribution in [1.82, 2.24) is 9.78 Å². The molecule has 0 aliphatic rings. The number of aldehydes is 1. The average Bonchev–Trinajstić information content (AvgIpc) is 2.33. The smallest absolute Gasteiger partial charge is 0.168 e. The lowest BCUT2D eigenvalue weighted by Gasteiger charge is -1.95. The van der Waals surface area contributed by atoms with Crippen molar-refractivity contribution in [3.05, 3.63) is 17.5 Å². The van der Waals surface area contributed by atoms with E-state index in [0.29, 0.717) is 12.3 Å². The molecule has 0 saturated heterocycles. The third kappa shape index (κ3) is 1.46. The van der Waals surface area contributed by atoms with Gasteiger partial charge in [0.1, 0.15) is 5.69 Å². The first-order valence-corrected chi connectivity index (χ1v) is 3.24. The normalized spacial score (nSPS) is 10.0. The monoisotopic (exact) mass is 154 g/mol. The molecule has 1 rings (SSSR count). The highest BCUT2D eigenvalue weighted by atomic mass is 16.5. The maximum Gasteiger partial charge on any atom is 0.168 e. The number of rotatable bonds is 3. The van der Waals surface area contributed by atoms with Crippen molar-refractivity contribution >= 4 is 6.29 Å². The number of methoxy groups -OCH3 is 1. The number of ether oxygens (including phenoxy) is 1. The molecule has 0 fully saturated rings. The van der Waals surface area contributed by atoms with Gasteiger partial charge < -0.3 is 4.74 Å². The van der Waals surface area contributed by atoms with Crippen LogP contribution in [0.5, 0.6) is 0 Å². The number of carbonyl (C=O) groups excluding carboxylic acids is 1. The summed E-state index contributed by atoms with van der Waals surface area (Å²) in [7, 11) is 3.31. The molecule has 11 heavy (non-hydrogen) atoms. The molecule has 0 saturated carbocycles. The molecule has 0 radical (unpaired) electrons. The summed E-state index contributed by atoms with van der Waals surface area (Å²) >= 11 is 0. The van der Waals surface area contributed by atoms with Crippen molar-refractivity contribution in [2.45, 2.75) is 6.61 Å². The first-order chi connectivity index (χ1) is 5.29. The Kier molecular flexibility index (Phi) is 2.38. The number of carbonyl (C=O) groups is 1. The lowest BCUT2D eigenvalue weighted by Crippen LogP contribution is -1.99. The predicted octanol–water partition coefficient (Wildman–Crippen LogP) is 0.379. The summed E-state index contributed by atoms with van der Waals surface area (Å²) in [5.74, 6) is 0. The van der Waals surface area contributed by atoms with E-state index >= 15 is 0 Å². The summed E-state index contributed by atoms with van der Waals surface area (Å²) in [6.07, 6.45) is 2.41. The maximum atomic E-state index is 10.5. The van der Waals surface area contributed by atoms with E-state index in [1.807, 2.05) is 0 Å². The van der Waals surface area contributed by atoms with Crippen LogP contribution in [0.1, 0.15) is 16.1 Å². The molecule has 0 aliphatic carbocycles. The van der Waals surface area contributed by atoms with Gasteiger partial charge in [0.2, 0.25) is 0 Å². The van der Waals surface area contributed by atoms with E-state index in [4.69, 9.17) is 4.74 Å². The Bertz CT molecular complexity index is 255. The number of aromatic nitrogens is 2. The Morgan fingerprint density at radius 3 is 3.09 bits per heavy atom. The van der Waals surface area contributed by atoms with E-state index in [0.717, 1.165) is 11.8 Å². The molecule has 4 heteroatoms. The number of hydrogen-bond acceptors (Lipinski definition) is 3. The summed E-state index contributed by atoms with van der Waals surface area (Å²) < 4.78 is 6.40. The Labute approximate surface area is 64.8 Å². The van der Waals surface area contributed by atoms with Crippen LogP contribution < -0.4 is 0 Å². The van der Waals surface area contributed by atoms with Crippen LogP contribution in [-0.4, -0.2) is 23.2 Å². The summed E-state index contributed by atoms with van der Waals surface area (Å²) in [6, 6.07) is 0. The molecular weight excluding hydrogens is 144 g/mol. The van der Waals surface area contributed by atoms with E-state index < -0.39 is 0 Å². The van der Waals surface area contributed by atoms with Gasteiger partial charge in [-0.2, -0.15) is 5.10 Å². The van der Waals surface area contributed by atoms with Crippen molar-refractivity contribution in [3.63, 3.8) is 0 Å². The SMILES string of the molecule is COCc1cnn(C)c1C=O. The fourth-order valence-corrected chi connectivity index (χ4v) is 0.911. The van der Waals surface area contributed by atoms with Crippen molar-refractivity contribution in [1.29, 1.82) is 0 Å². The Hall–Kier alpha value is -1.16. The van der Waals surface area contributed by atoms with Crippen molar-refractivity contribution in [3.8, 4) is 0 Å². The predicted molar refractivity (Wildman–Crippen MR) is 39.3 cm³/mol. The molecule has 0 bridgehead atoms. The van der Waals surface area contributed by atoms with Crippen molar-refractivity contribution in [2.75, 3.05) is 7.11 Å². The molecule has 0 aliphatic heterocycles. The van der Waals surface area contributed by atoms with Crippen LogP contribution in [0.2, 0.25) is 0 Å². The maximum absolute atomic E-state index is 10.5. The molecule has 60 valence electrons. The first-order valence-electron chi connectivity index (χ1n) is 3.24. The van der Waals surface area contributed by atoms with Gasteiger partial charge in [0.15, 0.2) is 6.29 Å². The molecule has 1 aromatic rings. The lowest BCUT2D eigenvalue weighted by molar-refractivity contribution is 0.111. The molecule has 0 aromatic carbocycles. The standard InChI is InChI=1S/C7H10N2O2/c1-9-7(4-10)6(3-8-9)5-11-2/h3-4H,5H2,1-2H3. The van der Waals surface area contributed by atoms with E-state index in [9.17, 15) is 4.79 Å².